The van der Waals surface area contributed by atoms with Crippen LogP contribution in [-0.4, -0.2) is 58.9 Å². The second-order valence-corrected chi connectivity index (χ2v) is 8.17. The largest absolute Gasteiger partial charge is 0.340 e. The van der Waals surface area contributed by atoms with Crippen molar-refractivity contribution in [3.8, 4) is 11.8 Å². The summed E-state index contributed by atoms with van der Waals surface area (Å²) in [4.78, 5) is 28.8. The molecule has 8 heteroatoms. The van der Waals surface area contributed by atoms with Gasteiger partial charge in [-0.15, -0.1) is 0 Å². The predicted octanol–water partition coefficient (Wildman–Crippen LogP) is 2.84. The van der Waals surface area contributed by atoms with Crippen LogP contribution in [0.25, 0.3) is 5.69 Å². The molecule has 2 amide bonds. The number of aromatic nitrogens is 1. The number of anilines is 1. The second kappa shape index (κ2) is 9.31. The Morgan fingerprint density at radius 2 is 1.87 bits per heavy atom. The first-order chi connectivity index (χ1) is 14.7. The number of hydrogen-bond donors (Lipinski definition) is 1. The van der Waals surface area contributed by atoms with Gasteiger partial charge in [-0.1, -0.05) is 19.9 Å². The van der Waals surface area contributed by atoms with Crippen LogP contribution in [0.1, 0.15) is 30.7 Å². The van der Waals surface area contributed by atoms with E-state index >= 15 is 0 Å². The summed E-state index contributed by atoms with van der Waals surface area (Å²) in [5.74, 6) is -0.215. The number of nitriles is 1. The highest BCUT2D eigenvalue weighted by Crippen LogP contribution is 2.30. The number of rotatable bonds is 5. The average Bonchev–Trinajstić information content (AvgIpc) is 2.97. The Labute approximate surface area is 182 Å². The van der Waals surface area contributed by atoms with Crippen molar-refractivity contribution in [2.24, 2.45) is 5.92 Å². The van der Waals surface area contributed by atoms with Crippen molar-refractivity contribution >= 4 is 17.6 Å². The molecular weight excluding hydrogens is 397 g/mol. The van der Waals surface area contributed by atoms with Crippen LogP contribution >= 0.6 is 0 Å². The minimum Gasteiger partial charge on any atom is -0.340 e. The Balaban J connectivity index is 1.76. The molecule has 1 aliphatic heterocycles. The summed E-state index contributed by atoms with van der Waals surface area (Å²) < 4.78 is 15.5. The third-order valence-electron chi connectivity index (χ3n) is 5.69. The van der Waals surface area contributed by atoms with E-state index in [-0.39, 0.29) is 24.3 Å². The number of benzene rings is 1. The molecule has 0 radical (unpaired) electrons. The van der Waals surface area contributed by atoms with Gasteiger partial charge < -0.3 is 10.2 Å². The van der Waals surface area contributed by atoms with Crippen LogP contribution in [0.2, 0.25) is 0 Å². The first kappa shape index (κ1) is 22.5. The molecule has 164 valence electrons. The van der Waals surface area contributed by atoms with Crippen LogP contribution in [0, 0.1) is 36.9 Å². The molecule has 1 aromatic carbocycles. The molecule has 1 fully saturated rings. The van der Waals surface area contributed by atoms with E-state index in [0.717, 1.165) is 11.3 Å². The quantitative estimate of drug-likeness (QED) is 0.799. The highest BCUT2D eigenvalue weighted by atomic mass is 19.1. The first-order valence-electron chi connectivity index (χ1n) is 10.4. The molecule has 31 heavy (non-hydrogen) atoms. The molecule has 1 aliphatic rings. The smallest absolute Gasteiger partial charge is 0.239 e. The van der Waals surface area contributed by atoms with Crippen molar-refractivity contribution in [1.29, 1.82) is 5.26 Å². The Kier molecular flexibility index (Phi) is 6.76. The summed E-state index contributed by atoms with van der Waals surface area (Å²) in [7, 11) is 0. The zero-order chi connectivity index (χ0) is 22.7. The van der Waals surface area contributed by atoms with Crippen LogP contribution in [0.5, 0.6) is 0 Å². The second-order valence-electron chi connectivity index (χ2n) is 8.17. The Bertz CT molecular complexity index is 1030. The monoisotopic (exact) mass is 425 g/mol. The lowest BCUT2D eigenvalue weighted by Crippen LogP contribution is -2.51. The van der Waals surface area contributed by atoms with Gasteiger partial charge in [-0.2, -0.15) is 5.26 Å². The van der Waals surface area contributed by atoms with Crippen LogP contribution in [0.15, 0.2) is 24.3 Å². The van der Waals surface area contributed by atoms with Gasteiger partial charge in [-0.05, 0) is 37.6 Å². The van der Waals surface area contributed by atoms with E-state index in [0.29, 0.717) is 43.2 Å². The van der Waals surface area contributed by atoms with Crippen LogP contribution in [0.4, 0.5) is 10.2 Å². The summed E-state index contributed by atoms with van der Waals surface area (Å²) in [6.45, 7) is 9.96. The van der Waals surface area contributed by atoms with Crippen molar-refractivity contribution in [2.45, 2.75) is 27.7 Å². The van der Waals surface area contributed by atoms with E-state index < -0.39 is 5.82 Å². The molecule has 2 heterocycles. The molecule has 0 spiro atoms. The van der Waals surface area contributed by atoms with Gasteiger partial charge in [-0.3, -0.25) is 19.1 Å². The lowest BCUT2D eigenvalue weighted by atomic mass is 10.1. The van der Waals surface area contributed by atoms with Gasteiger partial charge in [0.25, 0.3) is 0 Å². The molecule has 1 saturated heterocycles. The van der Waals surface area contributed by atoms with Gasteiger partial charge in [0.15, 0.2) is 0 Å². The van der Waals surface area contributed by atoms with Gasteiger partial charge in [0.2, 0.25) is 11.8 Å². The molecule has 0 aliphatic carbocycles. The number of piperazine rings is 1. The number of carbonyl (C=O) groups excluding carboxylic acids is 2. The number of hydrogen-bond acceptors (Lipinski definition) is 4. The fourth-order valence-corrected chi connectivity index (χ4v) is 3.87. The van der Waals surface area contributed by atoms with E-state index in [1.165, 1.54) is 12.1 Å². The van der Waals surface area contributed by atoms with Gasteiger partial charge in [0, 0.05) is 37.8 Å². The van der Waals surface area contributed by atoms with Crippen molar-refractivity contribution in [3.05, 3.63) is 46.9 Å². The number of nitrogens with zero attached hydrogens (tertiary/aromatic N) is 4. The van der Waals surface area contributed by atoms with Gasteiger partial charge in [-0.25, -0.2) is 4.39 Å². The zero-order valence-corrected chi connectivity index (χ0v) is 18.4. The molecule has 3 rings (SSSR count). The maximum atomic E-state index is 13.8. The summed E-state index contributed by atoms with van der Waals surface area (Å²) in [5.41, 5.74) is 2.40. The highest BCUT2D eigenvalue weighted by Gasteiger charge is 2.25. The molecule has 1 aromatic heterocycles. The molecule has 7 nitrogen and oxygen atoms in total. The minimum absolute atomic E-state index is 0.0404. The Morgan fingerprint density at radius 3 is 2.45 bits per heavy atom. The summed E-state index contributed by atoms with van der Waals surface area (Å²) in [6.07, 6.45) is 0. The SMILES string of the molecule is Cc1c(C#N)c(NC(=O)CN2CCN(C(=O)C(C)C)CC2)n(-c2cccc(F)c2)c1C. The third-order valence-corrected chi connectivity index (χ3v) is 5.69. The highest BCUT2D eigenvalue weighted by molar-refractivity contribution is 5.93. The summed E-state index contributed by atoms with van der Waals surface area (Å²) in [6, 6.07) is 8.20. The maximum Gasteiger partial charge on any atom is 0.239 e. The number of carbonyl (C=O) groups is 2. The minimum atomic E-state index is -0.396. The third kappa shape index (κ3) is 4.78. The van der Waals surface area contributed by atoms with E-state index in [9.17, 15) is 19.2 Å². The summed E-state index contributed by atoms with van der Waals surface area (Å²) >= 11 is 0. The Hall–Kier alpha value is -3.18. The van der Waals surface area contributed by atoms with E-state index in [4.69, 9.17) is 0 Å². The van der Waals surface area contributed by atoms with Crippen LogP contribution in [-0.2, 0) is 9.59 Å². The van der Waals surface area contributed by atoms with Crippen molar-refractivity contribution in [3.63, 3.8) is 0 Å². The average molecular weight is 426 g/mol. The predicted molar refractivity (Wildman–Crippen MR) is 116 cm³/mol. The number of amides is 2. The molecule has 0 bridgehead atoms. The normalized spacial score (nSPS) is 14.5. The molecule has 0 unspecified atom stereocenters. The summed E-state index contributed by atoms with van der Waals surface area (Å²) in [5, 5.41) is 12.5. The topological polar surface area (TPSA) is 81.4 Å². The van der Waals surface area contributed by atoms with E-state index in [1.54, 1.807) is 16.7 Å². The van der Waals surface area contributed by atoms with E-state index in [2.05, 4.69) is 11.4 Å². The van der Waals surface area contributed by atoms with Gasteiger partial charge in [0.1, 0.15) is 17.7 Å². The Morgan fingerprint density at radius 1 is 1.19 bits per heavy atom. The van der Waals surface area contributed by atoms with Crippen molar-refractivity contribution in [1.82, 2.24) is 14.4 Å². The number of nitrogens with one attached hydrogen (secondary N) is 1. The maximum absolute atomic E-state index is 13.8. The standard InChI is InChI=1S/C23H28FN5O2/c1-15(2)23(31)28-10-8-27(9-11-28)14-21(30)26-22-20(13-25)16(3)17(4)29(22)19-7-5-6-18(24)12-19/h5-7,12,15H,8-11,14H2,1-4H3,(H,26,30). The van der Waals surface area contributed by atoms with Crippen LogP contribution in [0.3, 0.4) is 0 Å². The fraction of sp³-hybridized carbons (Fsp3) is 0.435. The fourth-order valence-electron chi connectivity index (χ4n) is 3.87. The van der Waals surface area contributed by atoms with Crippen LogP contribution < -0.4 is 5.32 Å². The molecule has 0 saturated carbocycles. The lowest BCUT2D eigenvalue weighted by Gasteiger charge is -2.35. The van der Waals surface area contributed by atoms with Gasteiger partial charge in [0.05, 0.1) is 17.8 Å². The molecule has 0 atom stereocenters. The first-order valence-corrected chi connectivity index (χ1v) is 10.4. The molecular formula is C23H28FN5O2. The van der Waals surface area contributed by atoms with Crippen molar-refractivity contribution in [2.75, 3.05) is 38.0 Å². The van der Waals surface area contributed by atoms with Gasteiger partial charge >= 0.3 is 0 Å². The molecule has 2 aromatic rings. The van der Waals surface area contributed by atoms with Crippen molar-refractivity contribution < 1.29 is 14.0 Å². The number of halogens is 1. The van der Waals surface area contributed by atoms with E-state index in [1.807, 2.05) is 37.5 Å². The molecule has 1 N–H and O–H groups in total. The zero-order valence-electron chi connectivity index (χ0n) is 18.4. The lowest BCUT2D eigenvalue weighted by molar-refractivity contribution is -0.136.